The van der Waals surface area contributed by atoms with E-state index >= 15 is 0 Å². The van der Waals surface area contributed by atoms with Gasteiger partial charge < -0.3 is 9.64 Å². The molecule has 0 unspecified atom stereocenters. The number of amides is 2. The number of rotatable bonds is 7. The summed E-state index contributed by atoms with van der Waals surface area (Å²) in [6, 6.07) is 22.3. The Morgan fingerprint density at radius 1 is 1.15 bits per heavy atom. The number of hydrogen-bond acceptors (Lipinski definition) is 4. The molecule has 0 bridgehead atoms. The van der Waals surface area contributed by atoms with E-state index < -0.39 is 5.92 Å². The van der Waals surface area contributed by atoms with Crippen LogP contribution in [0.3, 0.4) is 0 Å². The van der Waals surface area contributed by atoms with Gasteiger partial charge in [0.2, 0.25) is 11.8 Å². The molecule has 3 aromatic rings. The molecule has 0 spiro atoms. The Hall–Kier alpha value is -3.16. The SMILES string of the molecule is O=C(N/N=C\c1cccc(OCc2ccc(Cl)cc2)c1)[C@H]1CC(=O)N(c2ccc(Br)cc2)C1. The van der Waals surface area contributed by atoms with Gasteiger partial charge >= 0.3 is 0 Å². The molecule has 1 fully saturated rings. The lowest BCUT2D eigenvalue weighted by molar-refractivity contribution is -0.126. The van der Waals surface area contributed by atoms with E-state index in [-0.39, 0.29) is 18.2 Å². The predicted molar refractivity (Wildman–Crippen MR) is 133 cm³/mol. The maximum absolute atomic E-state index is 12.5. The number of benzene rings is 3. The van der Waals surface area contributed by atoms with Crippen molar-refractivity contribution in [2.24, 2.45) is 11.0 Å². The Balaban J connectivity index is 1.30. The monoisotopic (exact) mass is 525 g/mol. The van der Waals surface area contributed by atoms with Gasteiger partial charge in [-0.05, 0) is 59.7 Å². The van der Waals surface area contributed by atoms with Crippen LogP contribution < -0.4 is 15.1 Å². The summed E-state index contributed by atoms with van der Waals surface area (Å²) in [6.07, 6.45) is 1.71. The molecule has 8 heteroatoms. The number of halogens is 2. The summed E-state index contributed by atoms with van der Waals surface area (Å²) in [5, 5.41) is 4.74. The molecule has 33 heavy (non-hydrogen) atoms. The highest BCUT2D eigenvalue weighted by Crippen LogP contribution is 2.26. The van der Waals surface area contributed by atoms with Crippen LogP contribution in [0.25, 0.3) is 0 Å². The van der Waals surface area contributed by atoms with Crippen LogP contribution in [0.15, 0.2) is 82.4 Å². The summed E-state index contributed by atoms with van der Waals surface area (Å²) in [4.78, 5) is 26.5. The molecule has 2 amide bonds. The number of nitrogens with zero attached hydrogens (tertiary/aromatic N) is 2. The van der Waals surface area contributed by atoms with Gasteiger partial charge in [0.25, 0.3) is 0 Å². The van der Waals surface area contributed by atoms with E-state index in [1.54, 1.807) is 11.1 Å². The molecule has 1 atom stereocenters. The van der Waals surface area contributed by atoms with Gasteiger partial charge in [0.1, 0.15) is 12.4 Å². The second kappa shape index (κ2) is 10.6. The van der Waals surface area contributed by atoms with Gasteiger partial charge in [-0.15, -0.1) is 0 Å². The van der Waals surface area contributed by atoms with E-state index in [4.69, 9.17) is 16.3 Å². The highest BCUT2D eigenvalue weighted by atomic mass is 79.9. The van der Waals surface area contributed by atoms with Crippen molar-refractivity contribution in [3.8, 4) is 5.75 Å². The quantitative estimate of drug-likeness (QED) is 0.340. The summed E-state index contributed by atoms with van der Waals surface area (Å²) >= 11 is 9.29. The largest absolute Gasteiger partial charge is 0.489 e. The van der Waals surface area contributed by atoms with Gasteiger partial charge in [-0.25, -0.2) is 5.43 Å². The Morgan fingerprint density at radius 3 is 2.67 bits per heavy atom. The smallest absolute Gasteiger partial charge is 0.245 e. The minimum atomic E-state index is -0.452. The number of ether oxygens (including phenoxy) is 1. The van der Waals surface area contributed by atoms with Crippen LogP contribution in [0.1, 0.15) is 17.5 Å². The zero-order valence-corrected chi connectivity index (χ0v) is 19.9. The van der Waals surface area contributed by atoms with Crippen LogP contribution in [-0.4, -0.2) is 24.6 Å². The molecule has 4 rings (SSSR count). The van der Waals surface area contributed by atoms with Crippen LogP contribution in [-0.2, 0) is 16.2 Å². The van der Waals surface area contributed by atoms with Crippen LogP contribution in [0.5, 0.6) is 5.75 Å². The summed E-state index contributed by atoms with van der Waals surface area (Å²) in [5.41, 5.74) is 5.11. The van der Waals surface area contributed by atoms with Gasteiger partial charge in [0, 0.05) is 28.1 Å². The van der Waals surface area contributed by atoms with Crippen molar-refractivity contribution in [1.82, 2.24) is 5.43 Å². The fraction of sp³-hybridized carbons (Fsp3) is 0.160. The average molecular weight is 527 g/mol. The van der Waals surface area contributed by atoms with Gasteiger partial charge in [0.15, 0.2) is 0 Å². The number of hydrazone groups is 1. The van der Waals surface area contributed by atoms with Crippen molar-refractivity contribution in [1.29, 1.82) is 0 Å². The lowest BCUT2D eigenvalue weighted by atomic mass is 10.1. The van der Waals surface area contributed by atoms with E-state index in [0.717, 1.165) is 21.3 Å². The lowest BCUT2D eigenvalue weighted by Gasteiger charge is -2.16. The van der Waals surface area contributed by atoms with E-state index in [1.807, 2.05) is 72.8 Å². The van der Waals surface area contributed by atoms with Crippen molar-refractivity contribution >= 4 is 51.2 Å². The van der Waals surface area contributed by atoms with Crippen molar-refractivity contribution in [3.05, 3.63) is 93.4 Å². The van der Waals surface area contributed by atoms with Crippen LogP contribution in [0.4, 0.5) is 5.69 Å². The average Bonchev–Trinajstić information content (AvgIpc) is 3.21. The Bertz CT molecular complexity index is 1170. The summed E-state index contributed by atoms with van der Waals surface area (Å²) in [6.45, 7) is 0.745. The van der Waals surface area contributed by atoms with Gasteiger partial charge in [0.05, 0.1) is 12.1 Å². The molecule has 6 nitrogen and oxygen atoms in total. The van der Waals surface area contributed by atoms with Gasteiger partial charge in [-0.1, -0.05) is 51.8 Å². The molecule has 1 heterocycles. The Kier molecular flexibility index (Phi) is 7.42. The first-order chi connectivity index (χ1) is 16.0. The van der Waals surface area contributed by atoms with Crippen molar-refractivity contribution in [2.75, 3.05) is 11.4 Å². The highest BCUT2D eigenvalue weighted by molar-refractivity contribution is 9.10. The molecule has 1 aliphatic heterocycles. The third-order valence-electron chi connectivity index (χ3n) is 5.20. The molecule has 3 aromatic carbocycles. The van der Waals surface area contributed by atoms with E-state index in [0.29, 0.717) is 23.9 Å². The van der Waals surface area contributed by atoms with Crippen LogP contribution >= 0.6 is 27.5 Å². The second-order valence-electron chi connectivity index (χ2n) is 7.60. The number of nitrogens with one attached hydrogen (secondary N) is 1. The molecule has 0 radical (unpaired) electrons. The topological polar surface area (TPSA) is 71.0 Å². The fourth-order valence-electron chi connectivity index (χ4n) is 3.45. The number of carbonyl (C=O) groups is 2. The zero-order chi connectivity index (χ0) is 23.2. The predicted octanol–water partition coefficient (Wildman–Crippen LogP) is 5.18. The van der Waals surface area contributed by atoms with Crippen molar-refractivity contribution < 1.29 is 14.3 Å². The zero-order valence-electron chi connectivity index (χ0n) is 17.6. The second-order valence-corrected chi connectivity index (χ2v) is 8.96. The standard InChI is InChI=1S/C25H21BrClN3O3/c26-20-6-10-22(11-7-20)30-15-19(13-24(30)31)25(32)29-28-14-18-2-1-3-23(12-18)33-16-17-4-8-21(27)9-5-17/h1-12,14,19H,13,15-16H2,(H,29,32)/b28-14-/t19-/m0/s1. The van der Waals surface area contributed by atoms with Crippen molar-refractivity contribution in [3.63, 3.8) is 0 Å². The first kappa shape index (κ1) is 23.0. The maximum Gasteiger partial charge on any atom is 0.245 e. The molecule has 0 aliphatic carbocycles. The molecule has 168 valence electrons. The third kappa shape index (κ3) is 6.21. The van der Waals surface area contributed by atoms with Gasteiger partial charge in [-0.2, -0.15) is 5.10 Å². The first-order valence-corrected chi connectivity index (χ1v) is 11.5. The maximum atomic E-state index is 12.5. The minimum absolute atomic E-state index is 0.0769. The number of carbonyl (C=O) groups excluding carboxylic acids is 2. The minimum Gasteiger partial charge on any atom is -0.489 e. The number of hydrogen-bond donors (Lipinski definition) is 1. The first-order valence-electron chi connectivity index (χ1n) is 10.3. The van der Waals surface area contributed by atoms with Crippen LogP contribution in [0.2, 0.25) is 5.02 Å². The molecule has 0 saturated carbocycles. The highest BCUT2D eigenvalue weighted by Gasteiger charge is 2.35. The third-order valence-corrected chi connectivity index (χ3v) is 5.98. The van der Waals surface area contributed by atoms with Crippen molar-refractivity contribution in [2.45, 2.75) is 13.0 Å². The van der Waals surface area contributed by atoms with E-state index in [2.05, 4.69) is 26.5 Å². The normalized spacial score (nSPS) is 15.8. The molecule has 1 aliphatic rings. The summed E-state index contributed by atoms with van der Waals surface area (Å²) in [7, 11) is 0. The van der Waals surface area contributed by atoms with E-state index in [9.17, 15) is 9.59 Å². The molecule has 1 N–H and O–H groups in total. The summed E-state index contributed by atoms with van der Waals surface area (Å²) in [5.74, 6) is -0.125. The molecular formula is C25H21BrClN3O3. The Morgan fingerprint density at radius 2 is 1.91 bits per heavy atom. The Labute approximate surface area is 205 Å². The van der Waals surface area contributed by atoms with Crippen LogP contribution in [0, 0.1) is 5.92 Å². The fourth-order valence-corrected chi connectivity index (χ4v) is 3.84. The number of anilines is 1. The van der Waals surface area contributed by atoms with E-state index in [1.165, 1.54) is 0 Å². The van der Waals surface area contributed by atoms with Gasteiger partial charge in [-0.3, -0.25) is 9.59 Å². The molecule has 1 saturated heterocycles. The summed E-state index contributed by atoms with van der Waals surface area (Å²) < 4.78 is 6.75. The molecule has 0 aromatic heterocycles. The lowest BCUT2D eigenvalue weighted by Crippen LogP contribution is -2.30. The molecular weight excluding hydrogens is 506 g/mol.